The van der Waals surface area contributed by atoms with Crippen molar-refractivity contribution in [1.29, 1.82) is 0 Å². The maximum absolute atomic E-state index is 15.1. The molecule has 0 aliphatic carbocycles. The molecule has 2 aliphatic heterocycles. The summed E-state index contributed by atoms with van der Waals surface area (Å²) in [6.07, 6.45) is 2.05. The van der Waals surface area contributed by atoms with Gasteiger partial charge in [0.1, 0.15) is 15.8 Å². The highest BCUT2D eigenvalue weighted by atomic mass is 35.5. The Morgan fingerprint density at radius 2 is 1.82 bits per heavy atom. The molecule has 1 saturated heterocycles. The molecule has 1 N–H and O–H groups in total. The lowest BCUT2D eigenvalue weighted by atomic mass is 9.96. The summed E-state index contributed by atoms with van der Waals surface area (Å²) in [6.45, 7) is 3.88. The van der Waals surface area contributed by atoms with Crippen molar-refractivity contribution in [2.24, 2.45) is 0 Å². The van der Waals surface area contributed by atoms with Gasteiger partial charge in [0.15, 0.2) is 15.6 Å². The number of thiophene rings is 1. The molecule has 210 valence electrons. The van der Waals surface area contributed by atoms with Crippen molar-refractivity contribution >= 4 is 61.7 Å². The number of rotatable bonds is 10. The SMILES string of the molecule is O=C(Cc1ccc(N2C(=O)Cc3cc(NCCN4CCCC4)ccc3C2=O)c(F)c1)CS(=O)(=O)c1ccc(Cl)s1. The van der Waals surface area contributed by atoms with E-state index in [1.165, 1.54) is 37.1 Å². The number of imide groups is 1. The van der Waals surface area contributed by atoms with Gasteiger partial charge in [0.05, 0.1) is 16.4 Å². The van der Waals surface area contributed by atoms with Crippen LogP contribution in [0.1, 0.15) is 34.3 Å². The van der Waals surface area contributed by atoms with E-state index in [-0.39, 0.29) is 32.6 Å². The van der Waals surface area contributed by atoms with Gasteiger partial charge in [0.2, 0.25) is 5.91 Å². The van der Waals surface area contributed by atoms with Crippen LogP contribution in [-0.4, -0.2) is 62.8 Å². The van der Waals surface area contributed by atoms with E-state index in [4.69, 9.17) is 11.6 Å². The number of likely N-dealkylation sites (tertiary alicyclic amines) is 1. The van der Waals surface area contributed by atoms with Crippen molar-refractivity contribution in [1.82, 2.24) is 4.90 Å². The number of fused-ring (bicyclic) bond motifs is 1. The number of anilines is 2. The molecule has 3 aromatic rings. The molecule has 0 radical (unpaired) electrons. The molecule has 0 saturated carbocycles. The van der Waals surface area contributed by atoms with Crippen molar-refractivity contribution in [3.05, 3.63) is 75.4 Å². The number of halogens is 2. The Labute approximate surface area is 240 Å². The zero-order valence-corrected chi connectivity index (χ0v) is 23.9. The van der Waals surface area contributed by atoms with Crippen molar-refractivity contribution in [3.63, 3.8) is 0 Å². The Morgan fingerprint density at radius 1 is 1.05 bits per heavy atom. The minimum atomic E-state index is -3.86. The highest BCUT2D eigenvalue weighted by Crippen LogP contribution is 2.30. The van der Waals surface area contributed by atoms with Gasteiger partial charge in [-0.05, 0) is 79.5 Å². The van der Waals surface area contributed by atoms with E-state index in [2.05, 4.69) is 10.2 Å². The molecular weight excluding hydrogens is 577 g/mol. The third-order valence-corrected chi connectivity index (χ3v) is 10.4. The summed E-state index contributed by atoms with van der Waals surface area (Å²) in [6, 6.07) is 11.7. The van der Waals surface area contributed by atoms with Crippen LogP contribution < -0.4 is 10.2 Å². The van der Waals surface area contributed by atoms with Crippen LogP contribution in [0, 0.1) is 5.82 Å². The lowest BCUT2D eigenvalue weighted by Gasteiger charge is -2.27. The molecule has 2 amide bonds. The first kappa shape index (κ1) is 28.4. The number of carbonyl (C=O) groups is 3. The molecule has 0 spiro atoms. The predicted molar refractivity (Wildman–Crippen MR) is 153 cm³/mol. The van der Waals surface area contributed by atoms with Crippen molar-refractivity contribution in [2.45, 2.75) is 29.9 Å². The maximum atomic E-state index is 15.1. The van der Waals surface area contributed by atoms with Crippen LogP contribution in [0.4, 0.5) is 15.8 Å². The first-order valence-electron chi connectivity index (χ1n) is 12.9. The van der Waals surface area contributed by atoms with Gasteiger partial charge in [-0.3, -0.25) is 14.4 Å². The fourth-order valence-corrected chi connectivity index (χ4v) is 7.82. The van der Waals surface area contributed by atoms with Crippen LogP contribution >= 0.6 is 22.9 Å². The minimum absolute atomic E-state index is 0.0141. The summed E-state index contributed by atoms with van der Waals surface area (Å²) in [4.78, 5) is 41.8. The van der Waals surface area contributed by atoms with Gasteiger partial charge in [-0.1, -0.05) is 17.7 Å². The van der Waals surface area contributed by atoms with E-state index < -0.39 is 39.0 Å². The molecule has 40 heavy (non-hydrogen) atoms. The van der Waals surface area contributed by atoms with Gasteiger partial charge >= 0.3 is 0 Å². The Kier molecular flexibility index (Phi) is 8.37. The minimum Gasteiger partial charge on any atom is -0.384 e. The molecule has 8 nitrogen and oxygen atoms in total. The molecular formula is C28H27ClFN3O5S2. The van der Waals surface area contributed by atoms with Crippen LogP contribution in [0.3, 0.4) is 0 Å². The summed E-state index contributed by atoms with van der Waals surface area (Å²) >= 11 is 6.65. The third kappa shape index (κ3) is 6.27. The van der Waals surface area contributed by atoms with Gasteiger partial charge in [-0.2, -0.15) is 0 Å². The first-order valence-corrected chi connectivity index (χ1v) is 15.7. The van der Waals surface area contributed by atoms with E-state index in [9.17, 15) is 22.8 Å². The van der Waals surface area contributed by atoms with E-state index >= 15 is 4.39 Å². The average Bonchev–Trinajstić information content (AvgIpc) is 3.57. The number of hydrogen-bond acceptors (Lipinski definition) is 8. The number of hydrogen-bond donors (Lipinski definition) is 1. The summed E-state index contributed by atoms with van der Waals surface area (Å²) in [5.74, 6) is -3.42. The number of amides is 2. The molecule has 5 rings (SSSR count). The molecule has 2 aliphatic rings. The molecule has 2 aromatic carbocycles. The third-order valence-electron chi connectivity index (χ3n) is 6.95. The fraction of sp³-hybridized carbons (Fsp3) is 0.321. The fourth-order valence-electron chi connectivity index (χ4n) is 5.01. The van der Waals surface area contributed by atoms with Crippen LogP contribution in [0.2, 0.25) is 4.34 Å². The van der Waals surface area contributed by atoms with Gasteiger partial charge in [-0.25, -0.2) is 17.7 Å². The van der Waals surface area contributed by atoms with Gasteiger partial charge in [0, 0.05) is 30.8 Å². The highest BCUT2D eigenvalue weighted by molar-refractivity contribution is 7.94. The number of carbonyl (C=O) groups excluding carboxylic acids is 3. The second-order valence-electron chi connectivity index (χ2n) is 9.88. The van der Waals surface area contributed by atoms with Crippen LogP contribution in [0.5, 0.6) is 0 Å². The lowest BCUT2D eigenvalue weighted by Crippen LogP contribution is -2.43. The van der Waals surface area contributed by atoms with Gasteiger partial charge in [-0.15, -0.1) is 11.3 Å². The normalized spacial score (nSPS) is 15.9. The van der Waals surface area contributed by atoms with Crippen molar-refractivity contribution < 1.29 is 27.2 Å². The van der Waals surface area contributed by atoms with Crippen LogP contribution in [0.25, 0.3) is 0 Å². The number of Topliss-reactive ketones (excluding diaryl/α,β-unsaturated/α-hetero) is 1. The summed E-state index contributed by atoms with van der Waals surface area (Å²) < 4.78 is 40.3. The molecule has 0 unspecified atom stereocenters. The molecule has 1 fully saturated rings. The number of benzene rings is 2. The maximum Gasteiger partial charge on any atom is 0.265 e. The zero-order chi connectivity index (χ0) is 28.4. The van der Waals surface area contributed by atoms with E-state index in [0.29, 0.717) is 11.1 Å². The van der Waals surface area contributed by atoms with Crippen LogP contribution in [-0.2, 0) is 32.3 Å². The van der Waals surface area contributed by atoms with Crippen LogP contribution in [0.15, 0.2) is 52.7 Å². The quantitative estimate of drug-likeness (QED) is 0.343. The lowest BCUT2D eigenvalue weighted by molar-refractivity contribution is -0.118. The molecule has 12 heteroatoms. The highest BCUT2D eigenvalue weighted by Gasteiger charge is 2.34. The Hall–Kier alpha value is -3.12. The topological polar surface area (TPSA) is 104 Å². The number of sulfone groups is 1. The number of nitrogens with one attached hydrogen (secondary N) is 1. The first-order chi connectivity index (χ1) is 19.1. The Bertz CT molecular complexity index is 1580. The standard InChI is InChI=1S/C28H27ClFN3O5S2/c29-25-7-8-27(39-25)40(37,38)17-21(34)13-18-3-6-24(23(30)14-18)33-26(35)16-19-15-20(4-5-22(19)28(33)36)31-9-12-32-10-1-2-11-32/h3-8,14-15,31H,1-2,9-13,16-17H2. The van der Waals surface area contributed by atoms with Gasteiger partial charge < -0.3 is 10.2 Å². The second kappa shape index (κ2) is 11.8. The monoisotopic (exact) mass is 603 g/mol. The molecule has 0 atom stereocenters. The summed E-state index contributed by atoms with van der Waals surface area (Å²) in [7, 11) is -3.86. The smallest absolute Gasteiger partial charge is 0.265 e. The molecule has 0 bridgehead atoms. The number of ketones is 1. The van der Waals surface area contributed by atoms with E-state index in [1.807, 2.05) is 0 Å². The second-order valence-corrected chi connectivity index (χ2v) is 13.8. The van der Waals surface area contributed by atoms with E-state index in [1.54, 1.807) is 18.2 Å². The van der Waals surface area contributed by atoms with E-state index in [0.717, 1.165) is 54.2 Å². The van der Waals surface area contributed by atoms with Crippen molar-refractivity contribution in [3.8, 4) is 0 Å². The zero-order valence-electron chi connectivity index (χ0n) is 21.5. The molecule has 3 heterocycles. The van der Waals surface area contributed by atoms with Gasteiger partial charge in [0.25, 0.3) is 5.91 Å². The van der Waals surface area contributed by atoms with Crippen molar-refractivity contribution in [2.75, 3.05) is 42.1 Å². The Balaban J connectivity index is 1.25. The predicted octanol–water partition coefficient (Wildman–Crippen LogP) is 4.36. The Morgan fingerprint density at radius 3 is 2.52 bits per heavy atom. The largest absolute Gasteiger partial charge is 0.384 e. The number of nitrogens with zero attached hydrogens (tertiary/aromatic N) is 2. The summed E-state index contributed by atoms with van der Waals surface area (Å²) in [5.41, 5.74) is 1.73. The average molecular weight is 604 g/mol. The molecule has 1 aromatic heterocycles. The summed E-state index contributed by atoms with van der Waals surface area (Å²) in [5, 5.41) is 3.34.